The van der Waals surface area contributed by atoms with Crippen molar-refractivity contribution in [2.45, 2.75) is 31.9 Å². The molecule has 25 heavy (non-hydrogen) atoms. The van der Waals surface area contributed by atoms with Gasteiger partial charge in [-0.05, 0) is 25.5 Å². The second kappa shape index (κ2) is 5.96. The topological polar surface area (TPSA) is 107 Å². The van der Waals surface area contributed by atoms with E-state index in [1.54, 1.807) is 38.1 Å². The second-order valence-electron chi connectivity index (χ2n) is 6.45. The van der Waals surface area contributed by atoms with Crippen LogP contribution in [-0.4, -0.2) is 63.4 Å². The number of aliphatic hydroxyl groups is 1. The van der Waals surface area contributed by atoms with Crippen LogP contribution < -0.4 is 5.32 Å². The van der Waals surface area contributed by atoms with Crippen LogP contribution in [0.25, 0.3) is 0 Å². The number of imide groups is 2. The van der Waals surface area contributed by atoms with E-state index in [1.807, 2.05) is 0 Å². The van der Waals surface area contributed by atoms with Crippen LogP contribution in [0.5, 0.6) is 0 Å². The molecule has 2 atom stereocenters. The summed E-state index contributed by atoms with van der Waals surface area (Å²) in [7, 11) is 0. The van der Waals surface area contributed by atoms with Crippen molar-refractivity contribution < 1.29 is 24.3 Å². The van der Waals surface area contributed by atoms with E-state index >= 15 is 0 Å². The molecule has 8 nitrogen and oxygen atoms in total. The number of nitrogens with one attached hydrogen (secondary N) is 1. The molecule has 2 N–H and O–H groups in total. The third kappa shape index (κ3) is 2.68. The number of hydrogen-bond acceptors (Lipinski definition) is 5. The first kappa shape index (κ1) is 17.1. The van der Waals surface area contributed by atoms with Gasteiger partial charge in [0.1, 0.15) is 5.54 Å². The number of carbonyl (C=O) groups is 4. The highest BCUT2D eigenvalue weighted by Crippen LogP contribution is 2.24. The summed E-state index contributed by atoms with van der Waals surface area (Å²) in [5.41, 5.74) is -0.423. The van der Waals surface area contributed by atoms with Crippen LogP contribution in [0.4, 0.5) is 4.79 Å². The lowest BCUT2D eigenvalue weighted by atomic mass is 9.99. The molecule has 2 aliphatic heterocycles. The van der Waals surface area contributed by atoms with Crippen LogP contribution in [0.3, 0.4) is 0 Å². The minimum atomic E-state index is -1.23. The fourth-order valence-electron chi connectivity index (χ4n) is 3.04. The number of aliphatic hydroxyl groups excluding tert-OH is 1. The Morgan fingerprint density at radius 1 is 1.04 bits per heavy atom. The summed E-state index contributed by atoms with van der Waals surface area (Å²) in [6.07, 6.45) is -0.807. The number of nitrogens with zero attached hydrogens (tertiary/aromatic N) is 2. The summed E-state index contributed by atoms with van der Waals surface area (Å²) in [6.45, 7) is 2.82. The first-order chi connectivity index (χ1) is 11.8. The van der Waals surface area contributed by atoms with E-state index in [0.29, 0.717) is 6.42 Å². The summed E-state index contributed by atoms with van der Waals surface area (Å²) in [6, 6.07) is 5.82. The van der Waals surface area contributed by atoms with Crippen LogP contribution in [-0.2, 0) is 4.79 Å². The fraction of sp³-hybridized carbons (Fsp3) is 0.412. The van der Waals surface area contributed by atoms with Crippen LogP contribution in [0.2, 0.25) is 0 Å². The molecule has 2 heterocycles. The van der Waals surface area contributed by atoms with Gasteiger partial charge in [0.05, 0.1) is 30.3 Å². The molecule has 3 rings (SSSR count). The predicted octanol–water partition coefficient (Wildman–Crippen LogP) is 0.364. The van der Waals surface area contributed by atoms with Crippen molar-refractivity contribution in [1.29, 1.82) is 0 Å². The van der Waals surface area contributed by atoms with E-state index in [0.717, 1.165) is 9.80 Å². The molecule has 0 bridgehead atoms. The number of amides is 5. The number of benzene rings is 1. The Kier molecular flexibility index (Phi) is 4.08. The Hall–Kier alpha value is -2.74. The maximum atomic E-state index is 12.3. The summed E-state index contributed by atoms with van der Waals surface area (Å²) in [4.78, 5) is 50.8. The van der Waals surface area contributed by atoms with Gasteiger partial charge in [-0.25, -0.2) is 4.79 Å². The van der Waals surface area contributed by atoms with Gasteiger partial charge in [-0.15, -0.1) is 0 Å². The highest BCUT2D eigenvalue weighted by molar-refractivity contribution is 6.21. The highest BCUT2D eigenvalue weighted by atomic mass is 16.3. The van der Waals surface area contributed by atoms with Gasteiger partial charge in [-0.3, -0.25) is 24.2 Å². The molecule has 5 amide bonds. The molecule has 0 saturated carbocycles. The van der Waals surface area contributed by atoms with Crippen LogP contribution in [0, 0.1) is 0 Å². The van der Waals surface area contributed by atoms with E-state index in [1.165, 1.54) is 0 Å². The standard InChI is InChI=1S/C17H19N3O5/c1-3-17(2)15(24)20(16(25)18-17)9-10(21)8-19-13(22)11-6-4-5-7-12(11)14(19)23/h4-7,10,21H,3,8-9H2,1-2H3,(H,18,25)/t10-,17+/m0/s1. The number of carbonyl (C=O) groups excluding carboxylic acids is 4. The maximum absolute atomic E-state index is 12.3. The Morgan fingerprint density at radius 3 is 2.04 bits per heavy atom. The third-order valence-corrected chi connectivity index (χ3v) is 4.72. The van der Waals surface area contributed by atoms with Crippen molar-refractivity contribution >= 4 is 23.8 Å². The van der Waals surface area contributed by atoms with Crippen LogP contribution >= 0.6 is 0 Å². The molecule has 2 aliphatic rings. The summed E-state index contributed by atoms with van der Waals surface area (Å²) in [5.74, 6) is -1.41. The van der Waals surface area contributed by atoms with Gasteiger partial charge in [0, 0.05) is 0 Å². The molecule has 8 heteroatoms. The van der Waals surface area contributed by atoms with Crippen molar-refractivity contribution in [2.75, 3.05) is 13.1 Å². The molecule has 1 aromatic carbocycles. The zero-order chi connectivity index (χ0) is 18.4. The summed E-state index contributed by atoms with van der Waals surface area (Å²) < 4.78 is 0. The van der Waals surface area contributed by atoms with Crippen LogP contribution in [0.15, 0.2) is 24.3 Å². The second-order valence-corrected chi connectivity index (χ2v) is 6.45. The molecule has 0 spiro atoms. The molecule has 0 unspecified atom stereocenters. The van der Waals surface area contributed by atoms with Gasteiger partial charge < -0.3 is 10.4 Å². The third-order valence-electron chi connectivity index (χ3n) is 4.72. The molecule has 1 aromatic rings. The lowest BCUT2D eigenvalue weighted by Crippen LogP contribution is -2.46. The fourth-order valence-corrected chi connectivity index (χ4v) is 3.04. The molecule has 1 saturated heterocycles. The lowest BCUT2D eigenvalue weighted by molar-refractivity contribution is -0.131. The SMILES string of the molecule is CC[C@@]1(C)NC(=O)N(C[C@@H](O)CN2C(=O)c3ccccc3C2=O)C1=O. The minimum Gasteiger partial charge on any atom is -0.389 e. The number of urea groups is 1. The van der Waals surface area contributed by atoms with Crippen molar-refractivity contribution in [1.82, 2.24) is 15.1 Å². The van der Waals surface area contributed by atoms with Gasteiger partial charge in [0.25, 0.3) is 17.7 Å². The quantitative estimate of drug-likeness (QED) is 0.592. The monoisotopic (exact) mass is 345 g/mol. The first-order valence-electron chi connectivity index (χ1n) is 8.06. The van der Waals surface area contributed by atoms with E-state index in [2.05, 4.69) is 5.32 Å². The van der Waals surface area contributed by atoms with Gasteiger partial charge >= 0.3 is 6.03 Å². The zero-order valence-electron chi connectivity index (χ0n) is 14.0. The average molecular weight is 345 g/mol. The first-order valence-corrected chi connectivity index (χ1v) is 8.06. The minimum absolute atomic E-state index is 0.284. The molecule has 1 fully saturated rings. The van der Waals surface area contributed by atoms with Gasteiger partial charge in [0.2, 0.25) is 0 Å². The van der Waals surface area contributed by atoms with Crippen molar-refractivity contribution in [3.8, 4) is 0 Å². The zero-order valence-corrected chi connectivity index (χ0v) is 14.0. The Balaban J connectivity index is 1.69. The number of fused-ring (bicyclic) bond motifs is 1. The van der Waals surface area contributed by atoms with Crippen molar-refractivity contribution in [3.05, 3.63) is 35.4 Å². The normalized spacial score (nSPS) is 24.0. The number of hydrogen-bond donors (Lipinski definition) is 2. The molecule has 0 aliphatic carbocycles. The van der Waals surface area contributed by atoms with Gasteiger partial charge in [-0.2, -0.15) is 0 Å². The summed E-state index contributed by atoms with van der Waals surface area (Å²) in [5, 5.41) is 12.8. The van der Waals surface area contributed by atoms with E-state index in [4.69, 9.17) is 0 Å². The molecule has 0 radical (unpaired) electrons. The van der Waals surface area contributed by atoms with Crippen molar-refractivity contribution in [2.24, 2.45) is 0 Å². The summed E-state index contributed by atoms with van der Waals surface area (Å²) >= 11 is 0. The Morgan fingerprint density at radius 2 is 1.56 bits per heavy atom. The number of rotatable bonds is 5. The van der Waals surface area contributed by atoms with E-state index in [9.17, 15) is 24.3 Å². The highest BCUT2D eigenvalue weighted by Gasteiger charge is 2.47. The Bertz CT molecular complexity index is 742. The molecular formula is C17H19N3O5. The molecule has 132 valence electrons. The average Bonchev–Trinajstić information content (AvgIpc) is 2.96. The van der Waals surface area contributed by atoms with Crippen molar-refractivity contribution in [3.63, 3.8) is 0 Å². The smallest absolute Gasteiger partial charge is 0.325 e. The molecule has 0 aromatic heterocycles. The Labute approximate surface area is 144 Å². The number of β-amino-alcohol motifs (C(OH)–C–C–N with tert-alkyl or cyclic N) is 1. The van der Waals surface area contributed by atoms with Gasteiger partial charge in [-0.1, -0.05) is 19.1 Å². The van der Waals surface area contributed by atoms with E-state index < -0.39 is 35.4 Å². The van der Waals surface area contributed by atoms with E-state index in [-0.39, 0.29) is 24.2 Å². The maximum Gasteiger partial charge on any atom is 0.325 e. The predicted molar refractivity (Wildman–Crippen MR) is 86.8 cm³/mol. The van der Waals surface area contributed by atoms with Crippen LogP contribution in [0.1, 0.15) is 41.0 Å². The largest absolute Gasteiger partial charge is 0.389 e. The lowest BCUT2D eigenvalue weighted by Gasteiger charge is -2.23. The molecular weight excluding hydrogens is 326 g/mol. The van der Waals surface area contributed by atoms with Gasteiger partial charge in [0.15, 0.2) is 0 Å².